The van der Waals surface area contributed by atoms with E-state index in [2.05, 4.69) is 24.2 Å². The molecule has 94 valence electrons. The second kappa shape index (κ2) is 6.15. The molecule has 1 aliphatic rings. The molecule has 0 radical (unpaired) electrons. The van der Waals surface area contributed by atoms with Gasteiger partial charge in [0.25, 0.3) is 0 Å². The fourth-order valence-corrected chi connectivity index (χ4v) is 2.96. The number of nitrogens with one attached hydrogen (secondary N) is 1. The van der Waals surface area contributed by atoms with Gasteiger partial charge in [0.15, 0.2) is 5.17 Å². The third-order valence-electron chi connectivity index (χ3n) is 2.70. The predicted octanol–water partition coefficient (Wildman–Crippen LogP) is 2.93. The molecule has 1 aromatic heterocycles. The average molecular weight is 252 g/mol. The second-order valence-corrected chi connectivity index (χ2v) is 5.81. The molecule has 1 atom stereocenters. The van der Waals surface area contributed by atoms with Gasteiger partial charge in [0, 0.05) is 24.8 Å². The van der Waals surface area contributed by atoms with Crippen LogP contribution in [-0.2, 0) is 6.42 Å². The molecule has 1 fully saturated rings. The zero-order chi connectivity index (χ0) is 12.1. The molecule has 1 N–H and O–H groups in total. The summed E-state index contributed by atoms with van der Waals surface area (Å²) in [5, 5.41) is 4.58. The summed E-state index contributed by atoms with van der Waals surface area (Å²) in [6, 6.07) is 4.52. The molecule has 0 aliphatic carbocycles. The van der Waals surface area contributed by atoms with E-state index in [9.17, 15) is 0 Å². The molecule has 2 rings (SSSR count). The summed E-state index contributed by atoms with van der Waals surface area (Å²) >= 11 is 1.84. The number of hydrogen-bond acceptors (Lipinski definition) is 3. The van der Waals surface area contributed by atoms with Crippen LogP contribution in [-0.4, -0.2) is 23.5 Å². The maximum absolute atomic E-state index is 5.28. The molecule has 3 nitrogen and oxygen atoms in total. The Hall–Kier alpha value is -0.900. The number of hydrogen-bond donors (Lipinski definition) is 1. The Labute approximate surface area is 107 Å². The van der Waals surface area contributed by atoms with E-state index in [1.165, 1.54) is 6.42 Å². The van der Waals surface area contributed by atoms with Gasteiger partial charge in [-0.3, -0.25) is 4.99 Å². The van der Waals surface area contributed by atoms with Crippen LogP contribution in [0.4, 0.5) is 0 Å². The number of nitrogens with zero attached hydrogens (tertiary/aromatic N) is 1. The zero-order valence-electron chi connectivity index (χ0n) is 10.5. The van der Waals surface area contributed by atoms with E-state index in [-0.39, 0.29) is 0 Å². The summed E-state index contributed by atoms with van der Waals surface area (Å²) in [5.41, 5.74) is 0. The summed E-state index contributed by atoms with van der Waals surface area (Å²) in [5.74, 6) is 2.91. The Morgan fingerprint density at radius 2 is 2.47 bits per heavy atom. The van der Waals surface area contributed by atoms with Gasteiger partial charge in [-0.1, -0.05) is 25.6 Å². The van der Waals surface area contributed by atoms with Gasteiger partial charge in [0.2, 0.25) is 0 Å². The van der Waals surface area contributed by atoms with E-state index >= 15 is 0 Å². The maximum atomic E-state index is 5.28. The molecule has 2 heterocycles. The average Bonchev–Trinajstić information content (AvgIpc) is 2.89. The lowest BCUT2D eigenvalue weighted by molar-refractivity contribution is 0.501. The normalized spacial score (nSPS) is 22.3. The molecule has 0 saturated carbocycles. The first-order chi connectivity index (χ1) is 8.24. The fraction of sp³-hybridized carbons (Fsp3) is 0.615. The van der Waals surface area contributed by atoms with Gasteiger partial charge < -0.3 is 9.73 Å². The highest BCUT2D eigenvalue weighted by atomic mass is 32.2. The molecule has 0 bridgehead atoms. The molecule has 1 aromatic rings. The summed E-state index contributed by atoms with van der Waals surface area (Å²) in [6.45, 7) is 5.33. The van der Waals surface area contributed by atoms with Crippen LogP contribution in [0.1, 0.15) is 26.0 Å². The summed E-state index contributed by atoms with van der Waals surface area (Å²) < 4.78 is 5.28. The van der Waals surface area contributed by atoms with Gasteiger partial charge in [-0.25, -0.2) is 0 Å². The van der Waals surface area contributed by atoms with Crippen molar-refractivity contribution in [3.8, 4) is 0 Å². The Bertz CT molecular complexity index is 360. The largest absolute Gasteiger partial charge is 0.469 e. The van der Waals surface area contributed by atoms with Crippen LogP contribution in [0.15, 0.2) is 27.8 Å². The van der Waals surface area contributed by atoms with Crippen molar-refractivity contribution in [3.63, 3.8) is 0 Å². The topological polar surface area (TPSA) is 37.5 Å². The first kappa shape index (κ1) is 12.6. The SMILES string of the molecule is CC(C)CC1CSC(=NCCc2ccco2)N1. The first-order valence-corrected chi connectivity index (χ1v) is 7.19. The Balaban J connectivity index is 1.72. The van der Waals surface area contributed by atoms with Crippen molar-refractivity contribution in [2.45, 2.75) is 32.7 Å². The van der Waals surface area contributed by atoms with Gasteiger partial charge in [0.1, 0.15) is 5.76 Å². The molecule has 0 aromatic carbocycles. The monoisotopic (exact) mass is 252 g/mol. The van der Waals surface area contributed by atoms with Crippen LogP contribution in [0.5, 0.6) is 0 Å². The smallest absolute Gasteiger partial charge is 0.156 e. The Morgan fingerprint density at radius 3 is 3.18 bits per heavy atom. The molecule has 0 spiro atoms. The van der Waals surface area contributed by atoms with Crippen molar-refractivity contribution < 1.29 is 4.42 Å². The molecule has 1 unspecified atom stereocenters. The maximum Gasteiger partial charge on any atom is 0.156 e. The Kier molecular flexibility index (Phi) is 4.54. The van der Waals surface area contributed by atoms with Crippen molar-refractivity contribution in [3.05, 3.63) is 24.2 Å². The quantitative estimate of drug-likeness (QED) is 0.875. The summed E-state index contributed by atoms with van der Waals surface area (Å²) in [4.78, 5) is 4.56. The minimum Gasteiger partial charge on any atom is -0.469 e. The van der Waals surface area contributed by atoms with E-state index in [1.54, 1.807) is 6.26 Å². The van der Waals surface area contributed by atoms with Crippen molar-refractivity contribution in [1.29, 1.82) is 0 Å². The van der Waals surface area contributed by atoms with Crippen molar-refractivity contribution >= 4 is 16.9 Å². The lowest BCUT2D eigenvalue weighted by atomic mass is 10.1. The number of thioether (sulfide) groups is 1. The van der Waals surface area contributed by atoms with E-state index in [0.717, 1.165) is 35.6 Å². The zero-order valence-corrected chi connectivity index (χ0v) is 11.3. The molecule has 17 heavy (non-hydrogen) atoms. The van der Waals surface area contributed by atoms with Gasteiger partial charge in [-0.2, -0.15) is 0 Å². The predicted molar refractivity (Wildman–Crippen MR) is 73.6 cm³/mol. The fourth-order valence-electron chi connectivity index (χ4n) is 1.95. The highest BCUT2D eigenvalue weighted by molar-refractivity contribution is 8.14. The molecule has 0 amide bonds. The van der Waals surface area contributed by atoms with E-state index in [0.29, 0.717) is 6.04 Å². The van der Waals surface area contributed by atoms with Crippen molar-refractivity contribution in [2.75, 3.05) is 12.3 Å². The van der Waals surface area contributed by atoms with Gasteiger partial charge in [-0.05, 0) is 24.5 Å². The summed E-state index contributed by atoms with van der Waals surface area (Å²) in [7, 11) is 0. The van der Waals surface area contributed by atoms with Crippen molar-refractivity contribution in [1.82, 2.24) is 5.32 Å². The molecular formula is C13H20N2OS. The molecule has 1 aliphatic heterocycles. The van der Waals surface area contributed by atoms with Gasteiger partial charge in [0.05, 0.1) is 6.26 Å². The minimum absolute atomic E-state index is 0.599. The number of amidine groups is 1. The second-order valence-electron chi connectivity index (χ2n) is 4.80. The minimum atomic E-state index is 0.599. The molecule has 1 saturated heterocycles. The van der Waals surface area contributed by atoms with E-state index < -0.39 is 0 Å². The lowest BCUT2D eigenvalue weighted by Gasteiger charge is -2.11. The molecule has 4 heteroatoms. The highest BCUT2D eigenvalue weighted by Gasteiger charge is 2.20. The van der Waals surface area contributed by atoms with Crippen LogP contribution in [0, 0.1) is 5.92 Å². The number of rotatable bonds is 5. The summed E-state index contributed by atoms with van der Waals surface area (Å²) in [6.07, 6.45) is 3.82. The first-order valence-electron chi connectivity index (χ1n) is 6.20. The lowest BCUT2D eigenvalue weighted by Crippen LogP contribution is -2.28. The van der Waals surface area contributed by atoms with Crippen LogP contribution < -0.4 is 5.32 Å². The number of aliphatic imine (C=N–C) groups is 1. The van der Waals surface area contributed by atoms with Gasteiger partial charge >= 0.3 is 0 Å². The van der Waals surface area contributed by atoms with E-state index in [4.69, 9.17) is 4.42 Å². The van der Waals surface area contributed by atoms with Crippen LogP contribution in [0.3, 0.4) is 0 Å². The van der Waals surface area contributed by atoms with Crippen molar-refractivity contribution in [2.24, 2.45) is 10.9 Å². The number of furan rings is 1. The molecular weight excluding hydrogens is 232 g/mol. The van der Waals surface area contributed by atoms with Crippen LogP contribution in [0.2, 0.25) is 0 Å². The Morgan fingerprint density at radius 1 is 1.59 bits per heavy atom. The van der Waals surface area contributed by atoms with Crippen LogP contribution >= 0.6 is 11.8 Å². The standard InChI is InChI=1S/C13H20N2OS/c1-10(2)8-11-9-17-13(15-11)14-6-5-12-4-3-7-16-12/h3-4,7,10-11H,5-6,8-9H2,1-2H3,(H,14,15). The highest BCUT2D eigenvalue weighted by Crippen LogP contribution is 2.19. The van der Waals surface area contributed by atoms with Crippen LogP contribution in [0.25, 0.3) is 0 Å². The third kappa shape index (κ3) is 4.11. The van der Waals surface area contributed by atoms with E-state index in [1.807, 2.05) is 23.9 Å². The third-order valence-corrected chi connectivity index (χ3v) is 3.79. The van der Waals surface area contributed by atoms with Gasteiger partial charge in [-0.15, -0.1) is 0 Å².